The van der Waals surface area contributed by atoms with Gasteiger partial charge in [-0.25, -0.2) is 0 Å². The largest absolute Gasteiger partial charge is 0.314 e. The highest BCUT2D eigenvalue weighted by atomic mass is 15.0. The first-order chi connectivity index (χ1) is 7.70. The summed E-state index contributed by atoms with van der Waals surface area (Å²) < 4.78 is 0. The van der Waals surface area contributed by atoms with Crippen LogP contribution in [-0.2, 0) is 5.41 Å². The van der Waals surface area contributed by atoms with Crippen LogP contribution in [0.5, 0.6) is 0 Å². The predicted octanol–water partition coefficient (Wildman–Crippen LogP) is 1.81. The Kier molecular flexibility index (Phi) is 2.25. The maximum absolute atomic E-state index is 4.51. The number of aromatic nitrogens is 2. The van der Waals surface area contributed by atoms with Crippen molar-refractivity contribution in [2.75, 3.05) is 6.54 Å². The van der Waals surface area contributed by atoms with E-state index in [1.165, 1.54) is 25.0 Å². The van der Waals surface area contributed by atoms with Crippen molar-refractivity contribution in [2.24, 2.45) is 5.92 Å². The molecule has 1 N–H and O–H groups in total. The predicted molar refractivity (Wildman–Crippen MR) is 63.3 cm³/mol. The SMILES string of the molecule is Cc1nccnc1C1(C)CC1CNC1CC1. The molecule has 0 amide bonds. The summed E-state index contributed by atoms with van der Waals surface area (Å²) in [5, 5.41) is 3.61. The van der Waals surface area contributed by atoms with Crippen molar-refractivity contribution < 1.29 is 0 Å². The van der Waals surface area contributed by atoms with E-state index in [1.807, 2.05) is 6.20 Å². The summed E-state index contributed by atoms with van der Waals surface area (Å²) in [6, 6.07) is 0.813. The molecule has 0 radical (unpaired) electrons. The van der Waals surface area contributed by atoms with Gasteiger partial charge in [-0.05, 0) is 38.6 Å². The van der Waals surface area contributed by atoms with Crippen LogP contribution in [0, 0.1) is 12.8 Å². The molecule has 1 aromatic heterocycles. The van der Waals surface area contributed by atoms with Gasteiger partial charge in [0.1, 0.15) is 0 Å². The molecular formula is C13H19N3. The van der Waals surface area contributed by atoms with Crippen LogP contribution in [0.1, 0.15) is 37.6 Å². The second-order valence-corrected chi connectivity index (χ2v) is 5.49. The minimum absolute atomic E-state index is 0.278. The quantitative estimate of drug-likeness (QED) is 0.836. The van der Waals surface area contributed by atoms with E-state index in [4.69, 9.17) is 0 Å². The van der Waals surface area contributed by atoms with Crippen LogP contribution in [0.2, 0.25) is 0 Å². The van der Waals surface area contributed by atoms with Gasteiger partial charge in [-0.1, -0.05) is 6.92 Å². The van der Waals surface area contributed by atoms with Gasteiger partial charge in [0.2, 0.25) is 0 Å². The Labute approximate surface area is 96.7 Å². The maximum atomic E-state index is 4.51. The molecule has 0 saturated heterocycles. The Morgan fingerprint density at radius 3 is 2.81 bits per heavy atom. The second kappa shape index (κ2) is 3.52. The summed E-state index contributed by atoms with van der Waals surface area (Å²) in [4.78, 5) is 8.86. The fourth-order valence-electron chi connectivity index (χ4n) is 2.61. The first kappa shape index (κ1) is 10.2. The zero-order valence-electron chi connectivity index (χ0n) is 10.0. The Hall–Kier alpha value is -0.960. The van der Waals surface area contributed by atoms with Crippen LogP contribution >= 0.6 is 0 Å². The minimum Gasteiger partial charge on any atom is -0.314 e. The second-order valence-electron chi connectivity index (χ2n) is 5.49. The van der Waals surface area contributed by atoms with Crippen molar-refractivity contribution in [3.8, 4) is 0 Å². The van der Waals surface area contributed by atoms with E-state index in [0.29, 0.717) is 0 Å². The minimum atomic E-state index is 0.278. The van der Waals surface area contributed by atoms with Gasteiger partial charge >= 0.3 is 0 Å². The zero-order valence-corrected chi connectivity index (χ0v) is 10.0. The zero-order chi connectivity index (χ0) is 11.2. The summed E-state index contributed by atoms with van der Waals surface area (Å²) >= 11 is 0. The number of hydrogen-bond acceptors (Lipinski definition) is 3. The van der Waals surface area contributed by atoms with Crippen molar-refractivity contribution in [3.63, 3.8) is 0 Å². The van der Waals surface area contributed by atoms with Crippen LogP contribution in [-0.4, -0.2) is 22.6 Å². The van der Waals surface area contributed by atoms with Crippen molar-refractivity contribution in [3.05, 3.63) is 23.8 Å². The molecule has 2 unspecified atom stereocenters. The van der Waals surface area contributed by atoms with E-state index in [0.717, 1.165) is 24.2 Å². The lowest BCUT2D eigenvalue weighted by Gasteiger charge is -2.13. The molecule has 0 aliphatic heterocycles. The third-order valence-corrected chi connectivity index (χ3v) is 4.06. The van der Waals surface area contributed by atoms with Crippen LogP contribution in [0.25, 0.3) is 0 Å². The lowest BCUT2D eigenvalue weighted by Crippen LogP contribution is -2.23. The summed E-state index contributed by atoms with van der Waals surface area (Å²) in [6.07, 6.45) is 7.59. The Bertz CT molecular complexity index is 400. The molecule has 1 heterocycles. The molecule has 3 rings (SSSR count). The molecule has 3 heteroatoms. The lowest BCUT2D eigenvalue weighted by molar-refractivity contribution is 0.564. The molecule has 2 saturated carbocycles. The van der Waals surface area contributed by atoms with Crippen LogP contribution in [0.3, 0.4) is 0 Å². The monoisotopic (exact) mass is 217 g/mol. The molecular weight excluding hydrogens is 198 g/mol. The molecule has 2 atom stereocenters. The van der Waals surface area contributed by atoms with Gasteiger partial charge in [0.15, 0.2) is 0 Å². The van der Waals surface area contributed by atoms with Crippen molar-refractivity contribution >= 4 is 0 Å². The molecule has 16 heavy (non-hydrogen) atoms. The van der Waals surface area contributed by atoms with Gasteiger partial charge in [-0.2, -0.15) is 0 Å². The standard InChI is InChI=1S/C13H19N3/c1-9-12(15-6-5-14-9)13(2)7-10(13)8-16-11-3-4-11/h5-6,10-11,16H,3-4,7-8H2,1-2H3. The number of aryl methyl sites for hydroxylation is 1. The highest BCUT2D eigenvalue weighted by Gasteiger charge is 2.53. The van der Waals surface area contributed by atoms with E-state index >= 15 is 0 Å². The van der Waals surface area contributed by atoms with Crippen LogP contribution in [0.4, 0.5) is 0 Å². The smallest absolute Gasteiger partial charge is 0.0678 e. The molecule has 86 valence electrons. The average molecular weight is 217 g/mol. The molecule has 0 bridgehead atoms. The number of nitrogens with one attached hydrogen (secondary N) is 1. The van der Waals surface area contributed by atoms with Gasteiger partial charge < -0.3 is 5.32 Å². The van der Waals surface area contributed by atoms with Gasteiger partial charge in [0, 0.05) is 23.9 Å². The summed E-state index contributed by atoms with van der Waals surface area (Å²) in [5.41, 5.74) is 2.58. The fraction of sp³-hybridized carbons (Fsp3) is 0.692. The first-order valence-electron chi connectivity index (χ1n) is 6.21. The molecule has 2 aliphatic rings. The normalized spacial score (nSPS) is 32.8. The van der Waals surface area contributed by atoms with E-state index in [-0.39, 0.29) is 5.41 Å². The summed E-state index contributed by atoms with van der Waals surface area (Å²) in [5.74, 6) is 0.753. The molecule has 0 spiro atoms. The number of hydrogen-bond donors (Lipinski definition) is 1. The van der Waals surface area contributed by atoms with E-state index < -0.39 is 0 Å². The van der Waals surface area contributed by atoms with Gasteiger partial charge in [0.05, 0.1) is 11.4 Å². The molecule has 1 aromatic rings. The summed E-state index contributed by atoms with van der Waals surface area (Å²) in [6.45, 7) is 5.54. The number of rotatable bonds is 4. The Balaban J connectivity index is 1.68. The number of nitrogens with zero attached hydrogens (tertiary/aromatic N) is 2. The van der Waals surface area contributed by atoms with E-state index in [9.17, 15) is 0 Å². The average Bonchev–Trinajstić information content (AvgIpc) is 3.14. The van der Waals surface area contributed by atoms with E-state index in [2.05, 4.69) is 29.1 Å². The lowest BCUT2D eigenvalue weighted by atomic mass is 9.99. The highest BCUT2D eigenvalue weighted by molar-refractivity contribution is 5.29. The van der Waals surface area contributed by atoms with Gasteiger partial charge in [-0.15, -0.1) is 0 Å². The third kappa shape index (κ3) is 1.73. The Morgan fingerprint density at radius 1 is 1.38 bits per heavy atom. The topological polar surface area (TPSA) is 37.8 Å². The van der Waals surface area contributed by atoms with Crippen molar-refractivity contribution in [1.29, 1.82) is 0 Å². The first-order valence-corrected chi connectivity index (χ1v) is 6.21. The Morgan fingerprint density at radius 2 is 2.12 bits per heavy atom. The fourth-order valence-corrected chi connectivity index (χ4v) is 2.61. The summed E-state index contributed by atoms with van der Waals surface area (Å²) in [7, 11) is 0. The molecule has 2 fully saturated rings. The highest BCUT2D eigenvalue weighted by Crippen LogP contribution is 2.53. The third-order valence-electron chi connectivity index (χ3n) is 4.06. The molecule has 2 aliphatic carbocycles. The van der Waals surface area contributed by atoms with Crippen LogP contribution in [0.15, 0.2) is 12.4 Å². The van der Waals surface area contributed by atoms with E-state index in [1.54, 1.807) is 6.20 Å². The van der Waals surface area contributed by atoms with Gasteiger partial charge in [0.25, 0.3) is 0 Å². The van der Waals surface area contributed by atoms with Crippen molar-refractivity contribution in [2.45, 2.75) is 44.6 Å². The molecule has 0 aromatic carbocycles. The molecule has 3 nitrogen and oxygen atoms in total. The van der Waals surface area contributed by atoms with Crippen LogP contribution < -0.4 is 5.32 Å². The van der Waals surface area contributed by atoms with Gasteiger partial charge in [-0.3, -0.25) is 9.97 Å². The maximum Gasteiger partial charge on any atom is 0.0678 e. The van der Waals surface area contributed by atoms with Crippen molar-refractivity contribution in [1.82, 2.24) is 15.3 Å².